The van der Waals surface area contributed by atoms with Gasteiger partial charge in [-0.1, -0.05) is 19.3 Å². The molecule has 1 saturated carbocycles. The normalized spacial score (nSPS) is 14.8. The Bertz CT molecular complexity index is 745. The number of hydrogen-bond donors (Lipinski definition) is 3. The molecule has 3 rings (SSSR count). The summed E-state index contributed by atoms with van der Waals surface area (Å²) in [5.41, 5.74) is 0.731. The van der Waals surface area contributed by atoms with Crippen molar-refractivity contribution in [3.05, 3.63) is 36.3 Å². The van der Waals surface area contributed by atoms with Crippen LogP contribution in [-0.4, -0.2) is 34.1 Å². The van der Waals surface area contributed by atoms with Gasteiger partial charge in [-0.2, -0.15) is 0 Å². The summed E-state index contributed by atoms with van der Waals surface area (Å²) in [7, 11) is 1.47. The first kappa shape index (κ1) is 17.0. The molecule has 0 spiro atoms. The summed E-state index contributed by atoms with van der Waals surface area (Å²) >= 11 is 0. The van der Waals surface area contributed by atoms with Crippen molar-refractivity contribution in [1.29, 1.82) is 0 Å². The van der Waals surface area contributed by atoms with Crippen molar-refractivity contribution in [2.75, 3.05) is 17.7 Å². The van der Waals surface area contributed by atoms with E-state index in [2.05, 4.69) is 20.6 Å². The Morgan fingerprint density at radius 2 is 2.00 bits per heavy atom. The van der Waals surface area contributed by atoms with Gasteiger partial charge in [0.2, 0.25) is 0 Å². The van der Waals surface area contributed by atoms with Crippen LogP contribution in [0.3, 0.4) is 0 Å². The molecule has 3 N–H and O–H groups in total. The molecule has 1 aliphatic rings. The first-order valence-electron chi connectivity index (χ1n) is 8.42. The number of nitrogens with zero attached hydrogens (tertiary/aromatic N) is 2. The third-order valence-corrected chi connectivity index (χ3v) is 4.29. The molecule has 1 aromatic carbocycles. The van der Waals surface area contributed by atoms with Crippen molar-refractivity contribution >= 4 is 17.4 Å². The molecule has 7 heteroatoms. The number of hydrogen-bond acceptors (Lipinski definition) is 6. The topological polar surface area (TPSA) is 96.4 Å². The Labute approximate surface area is 146 Å². The highest BCUT2D eigenvalue weighted by molar-refractivity contribution is 6.04. The van der Waals surface area contributed by atoms with E-state index in [9.17, 15) is 9.90 Å². The summed E-state index contributed by atoms with van der Waals surface area (Å²) in [4.78, 5) is 20.7. The predicted octanol–water partition coefficient (Wildman–Crippen LogP) is 3.19. The zero-order chi connectivity index (χ0) is 17.6. The minimum atomic E-state index is -0.363. The lowest BCUT2D eigenvalue weighted by Crippen LogP contribution is -2.23. The molecule has 1 aliphatic carbocycles. The van der Waals surface area contributed by atoms with Crippen LogP contribution in [0.4, 0.5) is 11.5 Å². The van der Waals surface area contributed by atoms with Gasteiger partial charge in [0.15, 0.2) is 0 Å². The third-order valence-electron chi connectivity index (χ3n) is 4.29. The fourth-order valence-corrected chi connectivity index (χ4v) is 2.99. The number of carbonyl (C=O) groups is 1. The Morgan fingerprint density at radius 3 is 2.76 bits per heavy atom. The summed E-state index contributed by atoms with van der Waals surface area (Å²) in [6.45, 7) is 0. The van der Waals surface area contributed by atoms with Gasteiger partial charge in [-0.15, -0.1) is 0 Å². The summed E-state index contributed by atoms with van der Waals surface area (Å²) in [5.74, 6) is 0.738. The molecule has 132 valence electrons. The summed E-state index contributed by atoms with van der Waals surface area (Å²) in [5, 5.41) is 15.6. The fourth-order valence-electron chi connectivity index (χ4n) is 2.99. The molecule has 7 nitrogen and oxygen atoms in total. The number of carbonyl (C=O) groups excluding carboxylic acids is 1. The van der Waals surface area contributed by atoms with Crippen molar-refractivity contribution in [2.45, 2.75) is 38.1 Å². The van der Waals surface area contributed by atoms with E-state index in [0.717, 1.165) is 12.8 Å². The van der Waals surface area contributed by atoms with Crippen molar-refractivity contribution < 1.29 is 14.6 Å². The number of ether oxygens (including phenoxy) is 1. The molecule has 0 bridgehead atoms. The molecule has 1 aromatic heterocycles. The number of phenolic OH excluding ortho intramolecular Hbond substituents is 1. The van der Waals surface area contributed by atoms with Gasteiger partial charge in [-0.25, -0.2) is 9.97 Å². The molecule has 1 heterocycles. The minimum Gasteiger partial charge on any atom is -0.508 e. The van der Waals surface area contributed by atoms with Gasteiger partial charge in [0.05, 0.1) is 12.8 Å². The van der Waals surface area contributed by atoms with E-state index < -0.39 is 0 Å². The van der Waals surface area contributed by atoms with E-state index >= 15 is 0 Å². The number of rotatable bonds is 5. The van der Waals surface area contributed by atoms with E-state index in [1.165, 1.54) is 44.8 Å². The van der Waals surface area contributed by atoms with E-state index in [0.29, 0.717) is 23.3 Å². The molecule has 2 aromatic rings. The van der Waals surface area contributed by atoms with Crippen LogP contribution in [0.5, 0.6) is 11.5 Å². The maximum atomic E-state index is 12.5. The van der Waals surface area contributed by atoms with Crippen LogP contribution in [-0.2, 0) is 0 Å². The SMILES string of the molecule is COc1cc(O)ccc1NC(=O)c1cc(NC2CCCCC2)ncn1. The van der Waals surface area contributed by atoms with Crippen LogP contribution in [0.15, 0.2) is 30.6 Å². The lowest BCUT2D eigenvalue weighted by molar-refractivity contribution is 0.102. The van der Waals surface area contributed by atoms with E-state index in [4.69, 9.17) is 4.74 Å². The van der Waals surface area contributed by atoms with Crippen molar-refractivity contribution in [3.8, 4) is 11.5 Å². The quantitative estimate of drug-likeness (QED) is 0.722. The second kappa shape index (κ2) is 7.83. The van der Waals surface area contributed by atoms with Gasteiger partial charge < -0.3 is 20.5 Å². The number of phenols is 1. The average molecular weight is 342 g/mol. The van der Waals surface area contributed by atoms with E-state index in [-0.39, 0.29) is 17.4 Å². The third kappa shape index (κ3) is 4.37. The number of aromatic hydroxyl groups is 1. The molecule has 0 radical (unpaired) electrons. The van der Waals surface area contributed by atoms with Gasteiger partial charge in [0, 0.05) is 18.2 Å². The van der Waals surface area contributed by atoms with Crippen molar-refractivity contribution in [1.82, 2.24) is 9.97 Å². The standard InChI is InChI=1S/C18H22N4O3/c1-25-16-9-13(23)7-8-14(16)22-18(24)15-10-17(20-11-19-15)21-12-5-3-2-4-6-12/h7-12,23H,2-6H2,1H3,(H,22,24)(H,19,20,21). The maximum absolute atomic E-state index is 12.5. The smallest absolute Gasteiger partial charge is 0.274 e. The lowest BCUT2D eigenvalue weighted by Gasteiger charge is -2.23. The van der Waals surface area contributed by atoms with Gasteiger partial charge in [-0.05, 0) is 25.0 Å². The Hall–Kier alpha value is -2.83. The number of anilines is 2. The predicted molar refractivity (Wildman–Crippen MR) is 95.1 cm³/mol. The number of aromatic nitrogens is 2. The molecule has 0 atom stereocenters. The first-order valence-corrected chi connectivity index (χ1v) is 8.42. The molecular weight excluding hydrogens is 320 g/mol. The highest BCUT2D eigenvalue weighted by Gasteiger charge is 2.16. The number of benzene rings is 1. The molecule has 1 fully saturated rings. The molecule has 1 amide bonds. The second-order valence-corrected chi connectivity index (χ2v) is 6.11. The highest BCUT2D eigenvalue weighted by Crippen LogP contribution is 2.28. The van der Waals surface area contributed by atoms with Crippen molar-refractivity contribution in [3.63, 3.8) is 0 Å². The zero-order valence-corrected chi connectivity index (χ0v) is 14.2. The first-order chi connectivity index (χ1) is 12.2. The molecule has 0 aliphatic heterocycles. The second-order valence-electron chi connectivity index (χ2n) is 6.11. The Kier molecular flexibility index (Phi) is 5.33. The molecular formula is C18H22N4O3. The largest absolute Gasteiger partial charge is 0.508 e. The minimum absolute atomic E-state index is 0.0656. The number of nitrogens with one attached hydrogen (secondary N) is 2. The van der Waals surface area contributed by atoms with Crippen LogP contribution in [0.1, 0.15) is 42.6 Å². The molecule has 0 unspecified atom stereocenters. The monoisotopic (exact) mass is 342 g/mol. The van der Waals surface area contributed by atoms with Gasteiger partial charge >= 0.3 is 0 Å². The van der Waals surface area contributed by atoms with Gasteiger partial charge in [0.25, 0.3) is 5.91 Å². The zero-order valence-electron chi connectivity index (χ0n) is 14.2. The summed E-state index contributed by atoms with van der Waals surface area (Å²) in [6.07, 6.45) is 7.35. The highest BCUT2D eigenvalue weighted by atomic mass is 16.5. The Balaban J connectivity index is 1.71. The van der Waals surface area contributed by atoms with E-state index in [1.807, 2.05) is 0 Å². The van der Waals surface area contributed by atoms with Crippen LogP contribution in [0, 0.1) is 0 Å². The van der Waals surface area contributed by atoms with Gasteiger partial charge in [-0.3, -0.25) is 4.79 Å². The van der Waals surface area contributed by atoms with Crippen LogP contribution >= 0.6 is 0 Å². The van der Waals surface area contributed by atoms with Crippen LogP contribution in [0.25, 0.3) is 0 Å². The van der Waals surface area contributed by atoms with Crippen molar-refractivity contribution in [2.24, 2.45) is 0 Å². The average Bonchev–Trinajstić information content (AvgIpc) is 2.64. The maximum Gasteiger partial charge on any atom is 0.274 e. The van der Waals surface area contributed by atoms with Gasteiger partial charge in [0.1, 0.15) is 29.3 Å². The fraction of sp³-hybridized carbons (Fsp3) is 0.389. The Morgan fingerprint density at radius 1 is 1.20 bits per heavy atom. The number of amides is 1. The van der Waals surface area contributed by atoms with Crippen LogP contribution in [0.2, 0.25) is 0 Å². The summed E-state index contributed by atoms with van der Waals surface area (Å²) < 4.78 is 5.17. The van der Waals surface area contributed by atoms with E-state index in [1.54, 1.807) is 12.1 Å². The summed E-state index contributed by atoms with van der Waals surface area (Å²) in [6, 6.07) is 6.54. The lowest BCUT2D eigenvalue weighted by atomic mass is 9.95. The van der Waals surface area contributed by atoms with Crippen LogP contribution < -0.4 is 15.4 Å². The molecule has 0 saturated heterocycles. The number of methoxy groups -OCH3 is 1. The molecule has 25 heavy (non-hydrogen) atoms.